The maximum atomic E-state index is 5.92. The van der Waals surface area contributed by atoms with E-state index in [0.717, 1.165) is 11.4 Å². The van der Waals surface area contributed by atoms with E-state index >= 15 is 0 Å². The molecule has 0 aromatic carbocycles. The average molecular weight is 277 g/mol. The first-order valence-corrected chi connectivity index (χ1v) is 7.58. The summed E-state index contributed by atoms with van der Waals surface area (Å²) in [5.41, 5.74) is 4.18. The van der Waals surface area contributed by atoms with Crippen LogP contribution in [0.2, 0.25) is 0 Å². The Kier molecular flexibility index (Phi) is 5.00. The molecule has 4 nitrogen and oxygen atoms in total. The molecular weight excluding hydrogens is 250 g/mol. The third-order valence-corrected chi connectivity index (χ3v) is 4.49. The first-order valence-electron chi connectivity index (χ1n) is 7.58. The minimum Gasteiger partial charge on any atom is -0.495 e. The van der Waals surface area contributed by atoms with Gasteiger partial charge in [0.05, 0.1) is 13.2 Å². The van der Waals surface area contributed by atoms with Crippen LogP contribution in [-0.4, -0.2) is 12.1 Å². The van der Waals surface area contributed by atoms with Crippen LogP contribution < -0.4 is 16.0 Å². The second-order valence-electron chi connectivity index (χ2n) is 6.36. The molecule has 1 heterocycles. The molecule has 1 unspecified atom stereocenters. The van der Waals surface area contributed by atoms with Crippen molar-refractivity contribution in [2.45, 2.75) is 52.0 Å². The molecule has 0 saturated heterocycles. The quantitative estimate of drug-likeness (QED) is 0.619. The Morgan fingerprint density at radius 2 is 2.10 bits per heavy atom. The van der Waals surface area contributed by atoms with Gasteiger partial charge in [-0.2, -0.15) is 0 Å². The van der Waals surface area contributed by atoms with Crippen molar-refractivity contribution in [1.29, 1.82) is 0 Å². The van der Waals surface area contributed by atoms with Crippen LogP contribution in [0.3, 0.4) is 0 Å². The predicted octanol–water partition coefficient (Wildman–Crippen LogP) is 3.20. The lowest BCUT2D eigenvalue weighted by Gasteiger charge is -2.38. The van der Waals surface area contributed by atoms with Gasteiger partial charge in [-0.3, -0.25) is 16.3 Å². The Morgan fingerprint density at radius 3 is 2.65 bits per heavy atom. The Morgan fingerprint density at radius 1 is 1.40 bits per heavy atom. The topological polar surface area (TPSA) is 60.2 Å². The number of rotatable bonds is 6. The summed E-state index contributed by atoms with van der Waals surface area (Å²) >= 11 is 0. The van der Waals surface area contributed by atoms with E-state index in [1.807, 2.05) is 18.3 Å². The average Bonchev–Trinajstić information content (AvgIpc) is 2.88. The molecule has 0 spiro atoms. The highest BCUT2D eigenvalue weighted by Gasteiger charge is 2.43. The number of hydrogen-bond donors (Lipinski definition) is 2. The van der Waals surface area contributed by atoms with Crippen LogP contribution >= 0.6 is 0 Å². The molecule has 0 amide bonds. The van der Waals surface area contributed by atoms with Gasteiger partial charge >= 0.3 is 0 Å². The highest BCUT2D eigenvalue weighted by Crippen LogP contribution is 2.52. The van der Waals surface area contributed by atoms with Crippen LogP contribution in [-0.2, 0) is 0 Å². The van der Waals surface area contributed by atoms with Gasteiger partial charge in [0.15, 0.2) is 0 Å². The van der Waals surface area contributed by atoms with Crippen molar-refractivity contribution >= 4 is 0 Å². The van der Waals surface area contributed by atoms with Crippen molar-refractivity contribution in [3.05, 3.63) is 24.0 Å². The molecule has 1 saturated carbocycles. The zero-order valence-electron chi connectivity index (χ0n) is 12.9. The maximum absolute atomic E-state index is 5.92. The largest absolute Gasteiger partial charge is 0.495 e. The van der Waals surface area contributed by atoms with Gasteiger partial charge in [-0.1, -0.05) is 26.7 Å². The van der Waals surface area contributed by atoms with E-state index in [1.54, 1.807) is 7.11 Å². The number of nitrogens with one attached hydrogen (secondary N) is 1. The number of ether oxygens (including phenoxy) is 1. The molecule has 1 aromatic heterocycles. The number of nitrogens with zero attached hydrogens (tertiary/aromatic N) is 1. The van der Waals surface area contributed by atoms with Crippen molar-refractivity contribution in [2.24, 2.45) is 17.2 Å². The Labute approximate surface area is 122 Å². The van der Waals surface area contributed by atoms with E-state index in [4.69, 9.17) is 10.6 Å². The molecule has 1 aliphatic carbocycles. The normalized spacial score (nSPS) is 19.2. The summed E-state index contributed by atoms with van der Waals surface area (Å²) in [6.07, 6.45) is 7.96. The zero-order valence-corrected chi connectivity index (χ0v) is 12.9. The molecule has 20 heavy (non-hydrogen) atoms. The third-order valence-electron chi connectivity index (χ3n) is 4.49. The van der Waals surface area contributed by atoms with Crippen molar-refractivity contribution in [3.63, 3.8) is 0 Å². The van der Waals surface area contributed by atoms with Crippen molar-refractivity contribution in [1.82, 2.24) is 10.4 Å². The maximum Gasteiger partial charge on any atom is 0.142 e. The summed E-state index contributed by atoms with van der Waals surface area (Å²) in [6.45, 7) is 4.56. The lowest BCUT2D eigenvalue weighted by atomic mass is 9.71. The van der Waals surface area contributed by atoms with E-state index in [1.165, 1.54) is 32.1 Å². The number of pyridine rings is 1. The van der Waals surface area contributed by atoms with E-state index in [0.29, 0.717) is 5.92 Å². The Hall–Kier alpha value is -1.13. The highest BCUT2D eigenvalue weighted by molar-refractivity contribution is 5.31. The van der Waals surface area contributed by atoms with Crippen LogP contribution in [0.4, 0.5) is 0 Å². The summed E-state index contributed by atoms with van der Waals surface area (Å²) in [4.78, 5) is 4.55. The van der Waals surface area contributed by atoms with Gasteiger partial charge < -0.3 is 4.74 Å². The van der Waals surface area contributed by atoms with Crippen LogP contribution in [0.15, 0.2) is 18.3 Å². The fraction of sp³-hybridized carbons (Fsp3) is 0.688. The molecule has 1 aliphatic rings. The van der Waals surface area contributed by atoms with E-state index < -0.39 is 0 Å². The summed E-state index contributed by atoms with van der Waals surface area (Å²) in [5, 5.41) is 0. The number of nitrogens with two attached hydrogens (primary N) is 1. The number of aromatic nitrogens is 1. The summed E-state index contributed by atoms with van der Waals surface area (Å²) < 4.78 is 5.48. The molecule has 0 radical (unpaired) electrons. The standard InChI is InChI=1S/C16H27N3O/c1-12(2)11-16(8-4-5-9-16)15(19-17)14-13(20-3)7-6-10-18-14/h6-7,10,12,15,19H,4-5,8-9,11,17H2,1-3H3. The van der Waals surface area contributed by atoms with Gasteiger partial charge in [-0.05, 0) is 42.7 Å². The molecule has 2 rings (SSSR count). The van der Waals surface area contributed by atoms with Gasteiger partial charge in [0, 0.05) is 6.20 Å². The van der Waals surface area contributed by atoms with Crippen LogP contribution in [0.5, 0.6) is 5.75 Å². The summed E-state index contributed by atoms with van der Waals surface area (Å²) in [7, 11) is 1.69. The smallest absolute Gasteiger partial charge is 0.142 e. The monoisotopic (exact) mass is 277 g/mol. The second kappa shape index (κ2) is 6.55. The fourth-order valence-electron chi connectivity index (χ4n) is 3.84. The minimum absolute atomic E-state index is 0.0588. The molecular formula is C16H27N3O. The van der Waals surface area contributed by atoms with Crippen molar-refractivity contribution < 1.29 is 4.74 Å². The van der Waals surface area contributed by atoms with Gasteiger partial charge in [-0.15, -0.1) is 0 Å². The van der Waals surface area contributed by atoms with Gasteiger partial charge in [-0.25, -0.2) is 0 Å². The lowest BCUT2D eigenvalue weighted by Crippen LogP contribution is -2.41. The molecule has 0 aliphatic heterocycles. The van der Waals surface area contributed by atoms with Crippen LogP contribution in [0.25, 0.3) is 0 Å². The molecule has 1 fully saturated rings. The van der Waals surface area contributed by atoms with E-state index in [2.05, 4.69) is 24.3 Å². The van der Waals surface area contributed by atoms with E-state index in [-0.39, 0.29) is 11.5 Å². The Bertz CT molecular complexity index is 427. The molecule has 0 bridgehead atoms. The van der Waals surface area contributed by atoms with Gasteiger partial charge in [0.25, 0.3) is 0 Å². The van der Waals surface area contributed by atoms with Crippen LogP contribution in [0, 0.1) is 11.3 Å². The summed E-state index contributed by atoms with van der Waals surface area (Å²) in [5.74, 6) is 7.40. The predicted molar refractivity (Wildman–Crippen MR) is 81.2 cm³/mol. The first-order chi connectivity index (χ1) is 9.63. The molecule has 4 heteroatoms. The molecule has 112 valence electrons. The highest BCUT2D eigenvalue weighted by atomic mass is 16.5. The first kappa shape index (κ1) is 15.3. The van der Waals surface area contributed by atoms with E-state index in [9.17, 15) is 0 Å². The third kappa shape index (κ3) is 2.96. The minimum atomic E-state index is 0.0588. The zero-order chi connectivity index (χ0) is 14.6. The number of hydrazine groups is 1. The number of hydrogen-bond acceptors (Lipinski definition) is 4. The van der Waals surface area contributed by atoms with Crippen LogP contribution in [0.1, 0.15) is 57.7 Å². The van der Waals surface area contributed by atoms with Crippen molar-refractivity contribution in [3.8, 4) is 5.75 Å². The molecule has 1 atom stereocenters. The molecule has 3 N–H and O–H groups in total. The van der Waals surface area contributed by atoms with Crippen molar-refractivity contribution in [2.75, 3.05) is 7.11 Å². The Balaban J connectivity index is 2.38. The van der Waals surface area contributed by atoms with Gasteiger partial charge in [0.2, 0.25) is 0 Å². The van der Waals surface area contributed by atoms with Gasteiger partial charge in [0.1, 0.15) is 11.4 Å². The summed E-state index contributed by atoms with van der Waals surface area (Å²) in [6, 6.07) is 3.92. The molecule has 1 aromatic rings. The number of methoxy groups -OCH3 is 1. The SMILES string of the molecule is COc1cccnc1C(NN)C1(CC(C)C)CCCC1. The lowest BCUT2D eigenvalue weighted by molar-refractivity contribution is 0.150. The second-order valence-corrected chi connectivity index (χ2v) is 6.36. The fourth-order valence-corrected chi connectivity index (χ4v) is 3.84.